The summed E-state index contributed by atoms with van der Waals surface area (Å²) in [5.74, 6) is -1.62. The zero-order chi connectivity index (χ0) is 24.7. The lowest BCUT2D eigenvalue weighted by molar-refractivity contribution is -0.384. The summed E-state index contributed by atoms with van der Waals surface area (Å²) < 4.78 is 4.90. The molecule has 0 aliphatic rings. The van der Waals surface area contributed by atoms with Gasteiger partial charge in [0.15, 0.2) is 0 Å². The van der Waals surface area contributed by atoms with E-state index < -0.39 is 28.5 Å². The van der Waals surface area contributed by atoms with Crippen molar-refractivity contribution in [3.05, 3.63) is 105 Å². The fourth-order valence-corrected chi connectivity index (χ4v) is 3.22. The molecular weight excluding hydrogens is 438 g/mol. The lowest BCUT2D eigenvalue weighted by Crippen LogP contribution is -2.27. The number of hydrogen-bond donors (Lipinski definition) is 2. The highest BCUT2D eigenvalue weighted by Gasteiger charge is 2.20. The SMILES string of the molecule is CCOC(=O)c1cc(C(=O)NC(C)c2cccc(NC(=O)c3ccccc3)c2)cc([N+](=O)[O-])c1. The number of ether oxygens (including phenoxy) is 1. The van der Waals surface area contributed by atoms with E-state index in [4.69, 9.17) is 4.74 Å². The summed E-state index contributed by atoms with van der Waals surface area (Å²) in [4.78, 5) is 47.9. The second-order valence-electron chi connectivity index (χ2n) is 7.39. The zero-order valence-corrected chi connectivity index (χ0v) is 18.6. The fraction of sp³-hybridized carbons (Fsp3) is 0.160. The van der Waals surface area contributed by atoms with Crippen LogP contribution in [-0.4, -0.2) is 29.3 Å². The molecule has 0 saturated carbocycles. The molecule has 0 aliphatic heterocycles. The maximum Gasteiger partial charge on any atom is 0.338 e. The highest BCUT2D eigenvalue weighted by molar-refractivity contribution is 6.04. The second kappa shape index (κ2) is 10.9. The monoisotopic (exact) mass is 461 g/mol. The van der Waals surface area contributed by atoms with Crippen LogP contribution in [0.15, 0.2) is 72.8 Å². The smallest absolute Gasteiger partial charge is 0.338 e. The lowest BCUT2D eigenvalue weighted by atomic mass is 10.1. The molecule has 0 fully saturated rings. The summed E-state index contributed by atoms with van der Waals surface area (Å²) in [5, 5.41) is 16.8. The molecular formula is C25H23N3O6. The maximum atomic E-state index is 12.8. The Hall–Kier alpha value is -4.53. The number of hydrogen-bond acceptors (Lipinski definition) is 6. The molecule has 0 aromatic heterocycles. The first-order chi connectivity index (χ1) is 16.3. The number of anilines is 1. The minimum atomic E-state index is -0.754. The normalized spacial score (nSPS) is 11.2. The van der Waals surface area contributed by atoms with Crippen LogP contribution in [0.5, 0.6) is 0 Å². The summed E-state index contributed by atoms with van der Waals surface area (Å²) in [6, 6.07) is 18.7. The fourth-order valence-electron chi connectivity index (χ4n) is 3.22. The molecule has 0 heterocycles. The first-order valence-electron chi connectivity index (χ1n) is 10.5. The Morgan fingerprint density at radius 3 is 2.29 bits per heavy atom. The van der Waals surface area contributed by atoms with Crippen molar-refractivity contribution in [1.29, 1.82) is 0 Å². The molecule has 9 nitrogen and oxygen atoms in total. The van der Waals surface area contributed by atoms with Crippen LogP contribution < -0.4 is 10.6 Å². The van der Waals surface area contributed by atoms with Gasteiger partial charge in [-0.15, -0.1) is 0 Å². The van der Waals surface area contributed by atoms with Gasteiger partial charge in [-0.1, -0.05) is 30.3 Å². The van der Waals surface area contributed by atoms with Gasteiger partial charge >= 0.3 is 5.97 Å². The van der Waals surface area contributed by atoms with Gasteiger partial charge in [0.05, 0.1) is 23.1 Å². The van der Waals surface area contributed by atoms with E-state index in [1.807, 2.05) is 6.07 Å². The quantitative estimate of drug-likeness (QED) is 0.288. The number of amides is 2. The van der Waals surface area contributed by atoms with E-state index in [9.17, 15) is 24.5 Å². The molecule has 174 valence electrons. The average Bonchev–Trinajstić information content (AvgIpc) is 2.84. The van der Waals surface area contributed by atoms with Crippen LogP contribution in [0.4, 0.5) is 11.4 Å². The Balaban J connectivity index is 1.77. The Bertz CT molecular complexity index is 1230. The number of nitrogens with one attached hydrogen (secondary N) is 2. The van der Waals surface area contributed by atoms with E-state index >= 15 is 0 Å². The summed E-state index contributed by atoms with van der Waals surface area (Å²) >= 11 is 0. The van der Waals surface area contributed by atoms with Gasteiger partial charge in [-0.3, -0.25) is 19.7 Å². The van der Waals surface area contributed by atoms with E-state index in [-0.39, 0.29) is 23.6 Å². The van der Waals surface area contributed by atoms with Gasteiger partial charge in [0, 0.05) is 28.9 Å². The van der Waals surface area contributed by atoms with Gasteiger partial charge in [-0.25, -0.2) is 4.79 Å². The number of carbonyl (C=O) groups excluding carboxylic acids is 3. The van der Waals surface area contributed by atoms with Crippen molar-refractivity contribution in [3.8, 4) is 0 Å². The lowest BCUT2D eigenvalue weighted by Gasteiger charge is -2.16. The van der Waals surface area contributed by atoms with Crippen LogP contribution in [-0.2, 0) is 4.74 Å². The minimum Gasteiger partial charge on any atom is -0.462 e. The highest BCUT2D eigenvalue weighted by atomic mass is 16.6. The van der Waals surface area contributed by atoms with Gasteiger partial charge < -0.3 is 15.4 Å². The molecule has 3 rings (SSSR count). The third-order valence-electron chi connectivity index (χ3n) is 4.93. The van der Waals surface area contributed by atoms with Crippen molar-refractivity contribution in [2.45, 2.75) is 19.9 Å². The summed E-state index contributed by atoms with van der Waals surface area (Å²) in [6.07, 6.45) is 0. The topological polar surface area (TPSA) is 128 Å². The van der Waals surface area contributed by atoms with Crippen molar-refractivity contribution < 1.29 is 24.0 Å². The number of benzene rings is 3. The van der Waals surface area contributed by atoms with Gasteiger partial charge in [-0.2, -0.15) is 0 Å². The van der Waals surface area contributed by atoms with E-state index in [2.05, 4.69) is 10.6 Å². The van der Waals surface area contributed by atoms with Crippen molar-refractivity contribution in [3.63, 3.8) is 0 Å². The number of esters is 1. The van der Waals surface area contributed by atoms with E-state index in [0.717, 1.165) is 12.1 Å². The molecule has 1 unspecified atom stereocenters. The number of non-ortho nitro benzene ring substituents is 1. The molecule has 9 heteroatoms. The Morgan fingerprint density at radius 2 is 1.62 bits per heavy atom. The number of nitro groups is 1. The average molecular weight is 461 g/mol. The van der Waals surface area contributed by atoms with E-state index in [1.54, 1.807) is 62.4 Å². The molecule has 34 heavy (non-hydrogen) atoms. The molecule has 1 atom stereocenters. The van der Waals surface area contributed by atoms with Crippen LogP contribution in [0, 0.1) is 10.1 Å². The van der Waals surface area contributed by atoms with Crippen LogP contribution in [0.1, 0.15) is 56.5 Å². The third kappa shape index (κ3) is 6.04. The molecule has 3 aromatic rings. The molecule has 2 N–H and O–H groups in total. The predicted octanol–water partition coefficient (Wildman–Crippen LogP) is 4.51. The van der Waals surface area contributed by atoms with E-state index in [0.29, 0.717) is 16.8 Å². The first-order valence-corrected chi connectivity index (χ1v) is 10.5. The molecule has 0 saturated heterocycles. The van der Waals surface area contributed by atoms with E-state index in [1.165, 1.54) is 6.07 Å². The largest absolute Gasteiger partial charge is 0.462 e. The third-order valence-corrected chi connectivity index (χ3v) is 4.93. The zero-order valence-electron chi connectivity index (χ0n) is 18.6. The molecule has 0 bridgehead atoms. The van der Waals surface area contributed by atoms with Gasteiger partial charge in [0.1, 0.15) is 0 Å². The Morgan fingerprint density at radius 1 is 0.912 bits per heavy atom. The van der Waals surface area contributed by atoms with Crippen LogP contribution in [0.3, 0.4) is 0 Å². The predicted molar refractivity (Wildman–Crippen MR) is 126 cm³/mol. The number of rotatable bonds is 8. The van der Waals surface area contributed by atoms with Crippen molar-refractivity contribution in [2.24, 2.45) is 0 Å². The number of nitrogens with zero attached hydrogens (tertiary/aromatic N) is 1. The van der Waals surface area contributed by atoms with Crippen molar-refractivity contribution in [2.75, 3.05) is 11.9 Å². The molecule has 0 aliphatic carbocycles. The summed E-state index contributed by atoms with van der Waals surface area (Å²) in [7, 11) is 0. The van der Waals surface area contributed by atoms with Crippen LogP contribution in [0.25, 0.3) is 0 Å². The Labute approximate surface area is 195 Å². The van der Waals surface area contributed by atoms with Crippen molar-refractivity contribution >= 4 is 29.2 Å². The standard InChI is InChI=1S/C25H23N3O6/c1-3-34-25(31)20-12-19(14-22(15-20)28(32)33)24(30)26-16(2)18-10-7-11-21(13-18)27-23(29)17-8-5-4-6-9-17/h4-16H,3H2,1-2H3,(H,26,30)(H,27,29). The molecule has 0 spiro atoms. The van der Waals surface area contributed by atoms with Gasteiger partial charge in [-0.05, 0) is 49.7 Å². The van der Waals surface area contributed by atoms with Crippen LogP contribution in [0.2, 0.25) is 0 Å². The molecule has 2 amide bonds. The number of nitro benzene ring substituents is 1. The first kappa shape index (κ1) is 24.1. The van der Waals surface area contributed by atoms with Crippen molar-refractivity contribution in [1.82, 2.24) is 5.32 Å². The van der Waals surface area contributed by atoms with Gasteiger partial charge in [0.25, 0.3) is 17.5 Å². The summed E-state index contributed by atoms with van der Waals surface area (Å²) in [5.41, 5.74) is 1.24. The number of carbonyl (C=O) groups is 3. The minimum absolute atomic E-state index is 0.0439. The highest BCUT2D eigenvalue weighted by Crippen LogP contribution is 2.21. The summed E-state index contributed by atoms with van der Waals surface area (Å²) in [6.45, 7) is 3.44. The molecule has 0 radical (unpaired) electrons. The molecule has 3 aromatic carbocycles. The second-order valence-corrected chi connectivity index (χ2v) is 7.39. The van der Waals surface area contributed by atoms with Gasteiger partial charge in [0.2, 0.25) is 0 Å². The van der Waals surface area contributed by atoms with Crippen LogP contribution >= 0.6 is 0 Å². The maximum absolute atomic E-state index is 12.8. The Kier molecular flexibility index (Phi) is 7.71.